The van der Waals surface area contributed by atoms with Gasteiger partial charge in [-0.25, -0.2) is 4.79 Å². The number of hydrogen-bond donors (Lipinski definition) is 1. The van der Waals surface area contributed by atoms with E-state index in [0.29, 0.717) is 39.6 Å². The molecule has 41 heavy (non-hydrogen) atoms. The van der Waals surface area contributed by atoms with Crippen LogP contribution in [0.4, 0.5) is 9.93 Å². The highest BCUT2D eigenvalue weighted by atomic mass is 32.2. The summed E-state index contributed by atoms with van der Waals surface area (Å²) in [6.07, 6.45) is 3.15. The molecule has 1 saturated heterocycles. The third-order valence-corrected chi connectivity index (χ3v) is 11.1. The van der Waals surface area contributed by atoms with Gasteiger partial charge in [-0.05, 0) is 82.3 Å². The molecular weight excluding hydrogens is 565 g/mol. The van der Waals surface area contributed by atoms with Crippen LogP contribution in [0.15, 0.2) is 16.5 Å². The lowest BCUT2D eigenvalue weighted by molar-refractivity contribution is -0.184. The standard InChI is InChI=1S/C28H38BN3O7S2/c1-15-12-19-27(15,5)11-10-20-28(19,6)39-29(38-20)21(40-24-32-31-23(30)41-24)13-16-8-9-18(35-7)17(14-33)22(16)36-25(34)37-26(2,3)4/h8-9,14-15,19-21H,10-13H2,1-7H3,(H2,30,31). The summed E-state index contributed by atoms with van der Waals surface area (Å²) >= 11 is 2.73. The van der Waals surface area contributed by atoms with Gasteiger partial charge >= 0.3 is 13.3 Å². The Bertz CT molecular complexity index is 1320. The van der Waals surface area contributed by atoms with Crippen LogP contribution in [0, 0.1) is 17.3 Å². The molecule has 0 amide bonds. The molecule has 10 nitrogen and oxygen atoms in total. The predicted molar refractivity (Wildman–Crippen MR) is 158 cm³/mol. The minimum Gasteiger partial charge on any atom is -0.496 e. The summed E-state index contributed by atoms with van der Waals surface area (Å²) in [6, 6.07) is 3.46. The first kappa shape index (κ1) is 30.1. The number of fused-ring (bicyclic) bond motifs is 3. The van der Waals surface area contributed by atoms with Crippen molar-refractivity contribution in [2.45, 2.75) is 94.0 Å². The van der Waals surface area contributed by atoms with Gasteiger partial charge in [0, 0.05) is 0 Å². The van der Waals surface area contributed by atoms with Crippen molar-refractivity contribution in [3.8, 4) is 11.5 Å². The summed E-state index contributed by atoms with van der Waals surface area (Å²) < 4.78 is 30.6. The number of anilines is 1. The highest BCUT2D eigenvalue weighted by Crippen LogP contribution is 2.65. The predicted octanol–water partition coefficient (Wildman–Crippen LogP) is 5.62. The van der Waals surface area contributed by atoms with Gasteiger partial charge in [-0.2, -0.15) is 0 Å². The zero-order valence-electron chi connectivity index (χ0n) is 24.6. The number of benzene rings is 1. The van der Waals surface area contributed by atoms with E-state index < -0.39 is 24.5 Å². The first-order valence-electron chi connectivity index (χ1n) is 13.9. The van der Waals surface area contributed by atoms with E-state index in [0.717, 1.165) is 19.3 Å². The van der Waals surface area contributed by atoms with Crippen molar-refractivity contribution in [3.05, 3.63) is 23.3 Å². The van der Waals surface area contributed by atoms with E-state index in [9.17, 15) is 9.59 Å². The molecule has 3 fully saturated rings. The second-order valence-electron chi connectivity index (χ2n) is 12.6. The van der Waals surface area contributed by atoms with Crippen molar-refractivity contribution in [3.63, 3.8) is 0 Å². The third-order valence-electron chi connectivity index (χ3n) is 9.01. The first-order valence-corrected chi connectivity index (χ1v) is 15.6. The lowest BCUT2D eigenvalue weighted by atomic mass is 9.44. The fraction of sp³-hybridized carbons (Fsp3) is 0.643. The molecule has 0 spiro atoms. The largest absolute Gasteiger partial charge is 0.514 e. The lowest BCUT2D eigenvalue weighted by Crippen LogP contribution is -2.63. The molecule has 2 heterocycles. The van der Waals surface area contributed by atoms with Crippen molar-refractivity contribution in [1.29, 1.82) is 0 Å². The Kier molecular flexibility index (Phi) is 8.12. The normalized spacial score (nSPS) is 29.6. The molecular formula is C28H38BN3O7S2. The van der Waals surface area contributed by atoms with Crippen molar-refractivity contribution < 1.29 is 33.1 Å². The average molecular weight is 604 g/mol. The van der Waals surface area contributed by atoms with Gasteiger partial charge < -0.3 is 29.3 Å². The maximum Gasteiger partial charge on any atom is 0.514 e. The Morgan fingerprint density at radius 2 is 2.10 bits per heavy atom. The number of aromatic nitrogens is 2. The van der Waals surface area contributed by atoms with E-state index in [1.165, 1.54) is 30.2 Å². The van der Waals surface area contributed by atoms with Crippen molar-refractivity contribution >= 4 is 47.8 Å². The molecule has 5 rings (SSSR count). The summed E-state index contributed by atoms with van der Waals surface area (Å²) in [5.74, 6) is 1.42. The zero-order chi connectivity index (χ0) is 29.7. The van der Waals surface area contributed by atoms with E-state index in [-0.39, 0.29) is 33.7 Å². The van der Waals surface area contributed by atoms with Gasteiger partial charge in [0.1, 0.15) is 11.4 Å². The molecule has 1 aliphatic heterocycles. The summed E-state index contributed by atoms with van der Waals surface area (Å²) in [5.41, 5.74) is 5.66. The molecule has 2 saturated carbocycles. The van der Waals surface area contributed by atoms with Gasteiger partial charge in [0.2, 0.25) is 5.13 Å². The molecule has 2 N–H and O–H groups in total. The highest BCUT2D eigenvalue weighted by molar-refractivity contribution is 8.02. The lowest BCUT2D eigenvalue weighted by Gasteiger charge is -2.63. The van der Waals surface area contributed by atoms with Crippen LogP contribution in [0.3, 0.4) is 0 Å². The minimum absolute atomic E-state index is 0.0282. The molecule has 1 aromatic heterocycles. The first-order chi connectivity index (χ1) is 19.3. The average Bonchev–Trinajstić information content (AvgIpc) is 3.46. The van der Waals surface area contributed by atoms with Crippen molar-refractivity contribution in [2.75, 3.05) is 12.8 Å². The maximum atomic E-state index is 12.7. The topological polar surface area (TPSA) is 132 Å². The fourth-order valence-corrected chi connectivity index (χ4v) is 8.66. The van der Waals surface area contributed by atoms with Gasteiger partial charge in [0.25, 0.3) is 0 Å². The van der Waals surface area contributed by atoms with Crippen molar-refractivity contribution in [1.82, 2.24) is 10.2 Å². The van der Waals surface area contributed by atoms with Crippen LogP contribution in [0.2, 0.25) is 0 Å². The monoisotopic (exact) mass is 603 g/mol. The molecule has 6 atom stereocenters. The summed E-state index contributed by atoms with van der Waals surface area (Å²) in [4.78, 5) is 24.9. The van der Waals surface area contributed by atoms with Crippen LogP contribution < -0.4 is 15.2 Å². The maximum absolute atomic E-state index is 12.7. The summed E-state index contributed by atoms with van der Waals surface area (Å²) in [6.45, 7) is 12.1. The molecule has 0 radical (unpaired) electrons. The number of aldehydes is 1. The van der Waals surface area contributed by atoms with Crippen LogP contribution in [-0.4, -0.2) is 59.3 Å². The molecule has 1 aromatic carbocycles. The molecule has 13 heteroatoms. The van der Waals surface area contributed by atoms with Crippen LogP contribution in [-0.2, 0) is 20.5 Å². The SMILES string of the molecule is COc1ccc(CC(Sc2nnc(N)s2)B2OC3CCC4(C)C(C)CC4C3(C)O2)c(OC(=O)OC(C)(C)C)c1C=O. The van der Waals surface area contributed by atoms with E-state index in [2.05, 4.69) is 31.0 Å². The Labute approximate surface area is 249 Å². The second kappa shape index (κ2) is 11.1. The van der Waals surface area contributed by atoms with E-state index in [4.69, 9.17) is 29.3 Å². The van der Waals surface area contributed by atoms with E-state index >= 15 is 0 Å². The van der Waals surface area contributed by atoms with Crippen LogP contribution in [0.5, 0.6) is 11.5 Å². The Morgan fingerprint density at radius 1 is 1.34 bits per heavy atom. The molecule has 6 unspecified atom stereocenters. The molecule has 2 aromatic rings. The second-order valence-corrected chi connectivity index (χ2v) is 15.1. The van der Waals surface area contributed by atoms with Gasteiger partial charge in [0.15, 0.2) is 16.4 Å². The fourth-order valence-electron chi connectivity index (χ4n) is 6.66. The Morgan fingerprint density at radius 3 is 2.71 bits per heavy atom. The molecule has 222 valence electrons. The zero-order valence-corrected chi connectivity index (χ0v) is 26.2. The number of nitrogen functional groups attached to an aromatic ring is 1. The van der Waals surface area contributed by atoms with Crippen molar-refractivity contribution in [2.24, 2.45) is 17.3 Å². The van der Waals surface area contributed by atoms with Gasteiger partial charge in [-0.1, -0.05) is 43.0 Å². The third kappa shape index (κ3) is 5.70. The minimum atomic E-state index is -0.915. The Balaban J connectivity index is 1.48. The number of rotatable bonds is 8. The number of hydrogen-bond acceptors (Lipinski definition) is 12. The molecule has 0 bridgehead atoms. The Hall–Kier alpha value is -2.35. The summed E-state index contributed by atoms with van der Waals surface area (Å²) in [5, 5.41) is 8.24. The van der Waals surface area contributed by atoms with Crippen LogP contribution in [0.25, 0.3) is 0 Å². The number of carbonyl (C=O) groups excluding carboxylic acids is 2. The number of ether oxygens (including phenoxy) is 3. The highest BCUT2D eigenvalue weighted by Gasteiger charge is 2.66. The quantitative estimate of drug-likeness (QED) is 0.133. The molecule has 2 aliphatic carbocycles. The van der Waals surface area contributed by atoms with Gasteiger partial charge in [-0.3, -0.25) is 4.79 Å². The smallest absolute Gasteiger partial charge is 0.496 e. The summed E-state index contributed by atoms with van der Waals surface area (Å²) in [7, 11) is 0.879. The van der Waals surface area contributed by atoms with Crippen LogP contribution >= 0.6 is 23.1 Å². The number of carbonyl (C=O) groups is 2. The van der Waals surface area contributed by atoms with E-state index in [1.807, 2.05) is 0 Å². The number of nitrogens with zero attached hydrogens (tertiary/aromatic N) is 2. The van der Waals surface area contributed by atoms with Crippen LogP contribution in [0.1, 0.15) is 76.7 Å². The number of methoxy groups -OCH3 is 1. The molecule has 3 aliphatic rings. The number of nitrogens with two attached hydrogens (primary N) is 1. The van der Waals surface area contributed by atoms with E-state index in [1.54, 1.807) is 32.9 Å². The van der Waals surface area contributed by atoms with Gasteiger partial charge in [-0.15, -0.1) is 10.2 Å². The van der Waals surface area contributed by atoms with Gasteiger partial charge in [0.05, 0.1) is 29.5 Å². The number of thioether (sulfide) groups is 1.